The molecule has 5 nitrogen and oxygen atoms in total. The van der Waals surface area contributed by atoms with Crippen LogP contribution >= 0.6 is 0 Å². The van der Waals surface area contributed by atoms with E-state index in [2.05, 4.69) is 85.1 Å². The first-order chi connectivity index (χ1) is 18.2. The van der Waals surface area contributed by atoms with Crippen molar-refractivity contribution in [2.45, 2.75) is 111 Å². The summed E-state index contributed by atoms with van der Waals surface area (Å²) in [4.78, 5) is 13.7. The third-order valence-corrected chi connectivity index (χ3v) is 7.91. The van der Waals surface area contributed by atoms with E-state index in [0.717, 1.165) is 59.6 Å². The van der Waals surface area contributed by atoms with Gasteiger partial charge in [0.1, 0.15) is 11.5 Å². The molecular weight excluding hydrogens is 502 g/mol. The minimum absolute atomic E-state index is 0.0171. The van der Waals surface area contributed by atoms with Crippen molar-refractivity contribution in [3.8, 4) is 11.5 Å². The number of nitrogens with one attached hydrogen (secondary N) is 1. The average molecular weight is 556 g/mol. The number of unbranched alkanes of at least 4 members (excludes halogenated alkanes) is 2. The Balaban J connectivity index is 2.44. The molecule has 2 rings (SSSR count). The van der Waals surface area contributed by atoms with E-state index in [-0.39, 0.29) is 28.8 Å². The highest BCUT2D eigenvalue weighted by molar-refractivity contribution is 6.48. The van der Waals surface area contributed by atoms with Crippen LogP contribution in [0, 0.1) is 5.41 Å². The van der Waals surface area contributed by atoms with Crippen molar-refractivity contribution >= 4 is 20.6 Å². The van der Waals surface area contributed by atoms with Gasteiger partial charge < -0.3 is 19.2 Å². The summed E-state index contributed by atoms with van der Waals surface area (Å²) in [7, 11) is 2.05. The number of carbonyl (C=O) groups excluding carboxylic acids is 1. The second-order valence-electron chi connectivity index (χ2n) is 13.0. The highest BCUT2D eigenvalue weighted by Crippen LogP contribution is 2.41. The van der Waals surface area contributed by atoms with Gasteiger partial charge in [-0.3, -0.25) is 4.79 Å². The fraction of sp³-hybridized carbons (Fsp3) is 0.606. The van der Waals surface area contributed by atoms with Crippen molar-refractivity contribution in [3.63, 3.8) is 0 Å². The second kappa shape index (κ2) is 14.4. The molecule has 1 N–H and O–H groups in total. The van der Waals surface area contributed by atoms with Crippen LogP contribution < -0.4 is 14.8 Å². The third-order valence-electron chi connectivity index (χ3n) is 7.09. The summed E-state index contributed by atoms with van der Waals surface area (Å²) in [5.74, 6) is 1.59. The van der Waals surface area contributed by atoms with Crippen LogP contribution in [0.2, 0.25) is 13.1 Å². The first-order valence-corrected chi connectivity index (χ1v) is 17.3. The SMILES string of the molecule is CCCCCC(CC(=O)Nc1cc(C(O[SiH](C)C)C(C)(C)C)ccc1C(C)(C)C)c1ccc(OC)cc1OC. The lowest BCUT2D eigenvalue weighted by Gasteiger charge is -2.34. The molecule has 2 aromatic carbocycles. The molecule has 2 atom stereocenters. The number of amides is 1. The van der Waals surface area contributed by atoms with Gasteiger partial charge in [-0.2, -0.15) is 0 Å². The van der Waals surface area contributed by atoms with Gasteiger partial charge in [-0.15, -0.1) is 0 Å². The standard InChI is InChI=1S/C33H53NO4Si/c1-12-13-14-15-23(26-18-17-25(36-8)22-29(26)37-9)21-30(35)34-28-20-24(16-19-27(28)32(2,3)4)31(33(5,6)7)38-39(10)11/h16-20,22-23,31,39H,12-15,21H2,1-11H3,(H,34,35). The topological polar surface area (TPSA) is 56.8 Å². The van der Waals surface area contributed by atoms with E-state index < -0.39 is 9.04 Å². The molecule has 2 unspecified atom stereocenters. The Morgan fingerprint density at radius 1 is 0.949 bits per heavy atom. The largest absolute Gasteiger partial charge is 0.497 e. The number of rotatable bonds is 13. The summed E-state index contributed by atoms with van der Waals surface area (Å²) in [6.07, 6.45) is 4.62. The van der Waals surface area contributed by atoms with Crippen molar-refractivity contribution in [3.05, 3.63) is 53.1 Å². The Morgan fingerprint density at radius 3 is 2.18 bits per heavy atom. The van der Waals surface area contributed by atoms with Crippen molar-refractivity contribution < 1.29 is 18.7 Å². The van der Waals surface area contributed by atoms with Crippen LogP contribution in [0.5, 0.6) is 11.5 Å². The molecule has 39 heavy (non-hydrogen) atoms. The predicted molar refractivity (Wildman–Crippen MR) is 167 cm³/mol. The molecular formula is C33H53NO4Si. The Labute approximate surface area is 239 Å². The fourth-order valence-electron chi connectivity index (χ4n) is 5.13. The Kier molecular flexibility index (Phi) is 12.1. The van der Waals surface area contributed by atoms with Crippen molar-refractivity contribution in [1.29, 1.82) is 0 Å². The normalized spacial score (nSPS) is 13.7. The number of hydrogen-bond acceptors (Lipinski definition) is 4. The molecule has 0 aromatic heterocycles. The molecule has 0 saturated heterocycles. The van der Waals surface area contributed by atoms with E-state index in [0.29, 0.717) is 6.42 Å². The lowest BCUT2D eigenvalue weighted by Crippen LogP contribution is -2.27. The molecule has 0 fully saturated rings. The molecule has 1 amide bonds. The van der Waals surface area contributed by atoms with Crippen LogP contribution in [0.25, 0.3) is 0 Å². The maximum atomic E-state index is 13.7. The zero-order valence-electron chi connectivity index (χ0n) is 26.4. The maximum Gasteiger partial charge on any atom is 0.224 e. The van der Waals surface area contributed by atoms with Crippen LogP contribution in [0.15, 0.2) is 36.4 Å². The second-order valence-corrected chi connectivity index (χ2v) is 15.4. The smallest absolute Gasteiger partial charge is 0.224 e. The van der Waals surface area contributed by atoms with Crippen molar-refractivity contribution in [2.24, 2.45) is 5.41 Å². The van der Waals surface area contributed by atoms with Gasteiger partial charge in [0.15, 0.2) is 9.04 Å². The van der Waals surface area contributed by atoms with Gasteiger partial charge in [0.05, 0.1) is 20.3 Å². The van der Waals surface area contributed by atoms with Gasteiger partial charge in [-0.25, -0.2) is 0 Å². The fourth-order valence-corrected chi connectivity index (χ4v) is 6.24. The van der Waals surface area contributed by atoms with Crippen LogP contribution in [-0.2, 0) is 14.6 Å². The summed E-state index contributed by atoms with van der Waals surface area (Å²) < 4.78 is 17.6. The van der Waals surface area contributed by atoms with E-state index in [1.54, 1.807) is 14.2 Å². The van der Waals surface area contributed by atoms with Crippen molar-refractivity contribution in [1.82, 2.24) is 0 Å². The molecule has 0 aliphatic carbocycles. The van der Waals surface area contributed by atoms with Gasteiger partial charge in [-0.05, 0) is 65.1 Å². The maximum absolute atomic E-state index is 13.7. The summed E-state index contributed by atoms with van der Waals surface area (Å²) in [6, 6.07) is 12.4. The van der Waals surface area contributed by atoms with Crippen LogP contribution in [-0.4, -0.2) is 29.2 Å². The van der Waals surface area contributed by atoms with E-state index >= 15 is 0 Å². The number of methoxy groups -OCH3 is 2. The quantitative estimate of drug-likeness (QED) is 0.198. The van der Waals surface area contributed by atoms with Gasteiger partial charge >= 0.3 is 0 Å². The molecule has 0 saturated carbocycles. The van der Waals surface area contributed by atoms with Gasteiger partial charge in [0.2, 0.25) is 5.91 Å². The molecule has 0 bridgehead atoms. The molecule has 0 radical (unpaired) electrons. The molecule has 0 spiro atoms. The molecule has 2 aromatic rings. The summed E-state index contributed by atoms with van der Waals surface area (Å²) >= 11 is 0. The highest BCUT2D eigenvalue weighted by atomic mass is 28.3. The van der Waals surface area contributed by atoms with E-state index in [4.69, 9.17) is 13.9 Å². The van der Waals surface area contributed by atoms with E-state index in [1.807, 2.05) is 18.2 Å². The molecule has 0 aliphatic rings. The third kappa shape index (κ3) is 9.68. The van der Waals surface area contributed by atoms with Crippen LogP contribution in [0.1, 0.15) is 109 Å². The molecule has 0 aliphatic heterocycles. The summed E-state index contributed by atoms with van der Waals surface area (Å²) in [5, 5.41) is 3.32. The number of hydrogen-bond donors (Lipinski definition) is 1. The average Bonchev–Trinajstić information content (AvgIpc) is 2.84. The molecule has 6 heteroatoms. The molecule has 218 valence electrons. The first-order valence-electron chi connectivity index (χ1n) is 14.5. The van der Waals surface area contributed by atoms with Gasteiger partial charge in [0, 0.05) is 18.2 Å². The zero-order valence-corrected chi connectivity index (χ0v) is 27.5. The first kappa shape index (κ1) is 32.9. The van der Waals surface area contributed by atoms with Gasteiger partial charge in [0.25, 0.3) is 0 Å². The minimum Gasteiger partial charge on any atom is -0.497 e. The Morgan fingerprint density at radius 2 is 1.64 bits per heavy atom. The van der Waals surface area contributed by atoms with Crippen molar-refractivity contribution in [2.75, 3.05) is 19.5 Å². The number of carbonyl (C=O) groups is 1. The van der Waals surface area contributed by atoms with E-state index in [9.17, 15) is 4.79 Å². The minimum atomic E-state index is -1.28. The number of benzene rings is 2. The lowest BCUT2D eigenvalue weighted by molar-refractivity contribution is -0.116. The van der Waals surface area contributed by atoms with Gasteiger partial charge in [-0.1, -0.05) is 85.9 Å². The number of ether oxygens (including phenoxy) is 2. The van der Waals surface area contributed by atoms with Crippen LogP contribution in [0.3, 0.4) is 0 Å². The predicted octanol–water partition coefficient (Wildman–Crippen LogP) is 8.78. The monoisotopic (exact) mass is 555 g/mol. The van der Waals surface area contributed by atoms with Crippen LogP contribution in [0.4, 0.5) is 5.69 Å². The zero-order chi connectivity index (χ0) is 29.4. The molecule has 0 heterocycles. The Hall–Kier alpha value is -2.31. The Bertz CT molecular complexity index is 1070. The summed E-state index contributed by atoms with van der Waals surface area (Å²) in [5.41, 5.74) is 3.99. The lowest BCUT2D eigenvalue weighted by atomic mass is 9.81. The highest BCUT2D eigenvalue weighted by Gasteiger charge is 2.30. The number of anilines is 1. The summed E-state index contributed by atoms with van der Waals surface area (Å²) in [6.45, 7) is 19.8. The van der Waals surface area contributed by atoms with E-state index in [1.165, 1.54) is 0 Å².